The van der Waals surface area contributed by atoms with Gasteiger partial charge in [0, 0.05) is 18.8 Å². The van der Waals surface area contributed by atoms with Crippen LogP contribution in [0.5, 0.6) is 0 Å². The number of nitrogens with zero attached hydrogens (tertiary/aromatic N) is 3. The Morgan fingerprint density at radius 3 is 2.69 bits per heavy atom. The highest BCUT2D eigenvalue weighted by Gasteiger charge is 2.09. The van der Waals surface area contributed by atoms with Gasteiger partial charge in [0.15, 0.2) is 5.82 Å². The zero-order valence-electron chi connectivity index (χ0n) is 8.41. The van der Waals surface area contributed by atoms with Gasteiger partial charge in [-0.3, -0.25) is 4.98 Å². The Labute approximate surface area is 90.4 Å². The molecule has 0 saturated heterocycles. The van der Waals surface area contributed by atoms with Crippen LogP contribution in [0.15, 0.2) is 24.7 Å². The molecule has 0 bridgehead atoms. The van der Waals surface area contributed by atoms with Crippen molar-refractivity contribution >= 4 is 5.95 Å². The topological polar surface area (TPSA) is 50.7 Å². The van der Waals surface area contributed by atoms with Crippen molar-refractivity contribution in [3.05, 3.63) is 36.3 Å². The number of aromatic nitrogens is 3. The van der Waals surface area contributed by atoms with Gasteiger partial charge in [-0.1, -0.05) is 0 Å². The van der Waals surface area contributed by atoms with Gasteiger partial charge in [-0.05, 0) is 6.07 Å². The summed E-state index contributed by atoms with van der Waals surface area (Å²) in [6.45, 7) is 0. The molecule has 0 aromatic carbocycles. The molecule has 1 N–H and O–H groups in total. The van der Waals surface area contributed by atoms with Crippen LogP contribution in [0, 0.1) is 11.6 Å². The maximum absolute atomic E-state index is 13.4. The first-order chi connectivity index (χ1) is 7.70. The van der Waals surface area contributed by atoms with E-state index in [-0.39, 0.29) is 17.2 Å². The molecule has 2 heterocycles. The number of hydrogen-bond acceptors (Lipinski definition) is 4. The van der Waals surface area contributed by atoms with E-state index in [1.54, 1.807) is 7.05 Å². The zero-order valence-corrected chi connectivity index (χ0v) is 8.41. The summed E-state index contributed by atoms with van der Waals surface area (Å²) < 4.78 is 26.3. The fraction of sp³-hybridized carbons (Fsp3) is 0.100. The highest BCUT2D eigenvalue weighted by atomic mass is 19.1. The van der Waals surface area contributed by atoms with Crippen molar-refractivity contribution in [1.82, 2.24) is 15.0 Å². The van der Waals surface area contributed by atoms with Crippen LogP contribution in [-0.2, 0) is 0 Å². The predicted molar refractivity (Wildman–Crippen MR) is 54.7 cm³/mol. The fourth-order valence-corrected chi connectivity index (χ4v) is 1.23. The fourth-order valence-electron chi connectivity index (χ4n) is 1.23. The molecule has 0 aliphatic rings. The molecule has 0 spiro atoms. The second-order valence-electron chi connectivity index (χ2n) is 3.03. The molecular formula is C10H8F2N4. The quantitative estimate of drug-likeness (QED) is 0.842. The molecule has 6 heteroatoms. The summed E-state index contributed by atoms with van der Waals surface area (Å²) in [6, 6.07) is 1.16. The lowest BCUT2D eigenvalue weighted by Crippen LogP contribution is -2.00. The SMILES string of the molecule is CNc1ncc(F)c(-c2cncc(F)c2)n1. The van der Waals surface area contributed by atoms with Crippen LogP contribution < -0.4 is 5.32 Å². The number of nitrogens with one attached hydrogen (secondary N) is 1. The molecule has 0 amide bonds. The molecule has 0 fully saturated rings. The van der Waals surface area contributed by atoms with Crippen LogP contribution in [0.3, 0.4) is 0 Å². The molecule has 2 aromatic rings. The third-order valence-corrected chi connectivity index (χ3v) is 1.95. The Kier molecular flexibility index (Phi) is 2.72. The van der Waals surface area contributed by atoms with Crippen LogP contribution >= 0.6 is 0 Å². The summed E-state index contributed by atoms with van der Waals surface area (Å²) in [7, 11) is 1.61. The van der Waals surface area contributed by atoms with Gasteiger partial charge >= 0.3 is 0 Å². The highest BCUT2D eigenvalue weighted by molar-refractivity contribution is 5.59. The number of halogens is 2. The first-order valence-corrected chi connectivity index (χ1v) is 4.52. The van der Waals surface area contributed by atoms with Crippen LogP contribution in [0.2, 0.25) is 0 Å². The van der Waals surface area contributed by atoms with E-state index in [2.05, 4.69) is 20.3 Å². The molecule has 0 atom stereocenters. The minimum atomic E-state index is -0.619. The second-order valence-corrected chi connectivity index (χ2v) is 3.03. The van der Waals surface area contributed by atoms with E-state index in [1.165, 1.54) is 6.20 Å². The first-order valence-electron chi connectivity index (χ1n) is 4.52. The number of hydrogen-bond donors (Lipinski definition) is 1. The van der Waals surface area contributed by atoms with Gasteiger partial charge in [-0.25, -0.2) is 18.7 Å². The van der Waals surface area contributed by atoms with Gasteiger partial charge in [-0.15, -0.1) is 0 Å². The zero-order chi connectivity index (χ0) is 11.5. The monoisotopic (exact) mass is 222 g/mol. The maximum Gasteiger partial charge on any atom is 0.223 e. The van der Waals surface area contributed by atoms with Gasteiger partial charge < -0.3 is 5.32 Å². The second kappa shape index (κ2) is 4.18. The summed E-state index contributed by atoms with van der Waals surface area (Å²) >= 11 is 0. The van der Waals surface area contributed by atoms with Crippen LogP contribution in [0.25, 0.3) is 11.3 Å². The smallest absolute Gasteiger partial charge is 0.223 e. The lowest BCUT2D eigenvalue weighted by Gasteiger charge is -2.04. The Hall–Kier alpha value is -2.11. The standard InChI is InChI=1S/C10H8F2N4/c1-13-10-15-5-8(12)9(16-10)6-2-7(11)4-14-3-6/h2-5H,1H3,(H,13,15,16). The largest absolute Gasteiger partial charge is 0.357 e. The molecule has 2 rings (SSSR count). The van der Waals surface area contributed by atoms with Crippen LogP contribution in [0.1, 0.15) is 0 Å². The van der Waals surface area contributed by atoms with Gasteiger partial charge in [-0.2, -0.15) is 0 Å². The van der Waals surface area contributed by atoms with Gasteiger partial charge in [0.2, 0.25) is 5.95 Å². The lowest BCUT2D eigenvalue weighted by atomic mass is 10.2. The summed E-state index contributed by atoms with van der Waals surface area (Å²) in [5.41, 5.74) is 0.294. The van der Waals surface area contributed by atoms with E-state index < -0.39 is 11.6 Å². The molecule has 82 valence electrons. The van der Waals surface area contributed by atoms with E-state index in [0.29, 0.717) is 0 Å². The molecule has 0 aliphatic carbocycles. The minimum absolute atomic E-state index is 0.0198. The van der Waals surface area contributed by atoms with Crippen molar-refractivity contribution in [3.8, 4) is 11.3 Å². The van der Waals surface area contributed by atoms with Crippen molar-refractivity contribution in [1.29, 1.82) is 0 Å². The number of anilines is 1. The molecule has 0 radical (unpaired) electrons. The Bertz CT molecular complexity index is 516. The van der Waals surface area contributed by atoms with Crippen molar-refractivity contribution in [2.45, 2.75) is 0 Å². The van der Waals surface area contributed by atoms with Crippen molar-refractivity contribution in [3.63, 3.8) is 0 Å². The number of rotatable bonds is 2. The van der Waals surface area contributed by atoms with Crippen LogP contribution in [-0.4, -0.2) is 22.0 Å². The van der Waals surface area contributed by atoms with Gasteiger partial charge in [0.25, 0.3) is 0 Å². The Morgan fingerprint density at radius 1 is 1.19 bits per heavy atom. The van der Waals surface area contributed by atoms with Crippen LogP contribution in [0.4, 0.5) is 14.7 Å². The van der Waals surface area contributed by atoms with Gasteiger partial charge in [0.1, 0.15) is 11.5 Å². The molecule has 0 unspecified atom stereocenters. The summed E-state index contributed by atoms with van der Waals surface area (Å²) in [5.74, 6) is -0.895. The van der Waals surface area contributed by atoms with E-state index in [4.69, 9.17) is 0 Å². The van der Waals surface area contributed by atoms with E-state index in [9.17, 15) is 8.78 Å². The molecule has 0 saturated carbocycles. The minimum Gasteiger partial charge on any atom is -0.357 e. The van der Waals surface area contributed by atoms with Crippen molar-refractivity contribution < 1.29 is 8.78 Å². The summed E-state index contributed by atoms with van der Waals surface area (Å²) in [4.78, 5) is 11.2. The van der Waals surface area contributed by atoms with E-state index in [0.717, 1.165) is 18.5 Å². The van der Waals surface area contributed by atoms with E-state index in [1.807, 2.05) is 0 Å². The molecule has 4 nitrogen and oxygen atoms in total. The van der Waals surface area contributed by atoms with E-state index >= 15 is 0 Å². The van der Waals surface area contributed by atoms with Crippen molar-refractivity contribution in [2.75, 3.05) is 12.4 Å². The average Bonchev–Trinajstić information content (AvgIpc) is 2.30. The molecule has 16 heavy (non-hydrogen) atoms. The maximum atomic E-state index is 13.4. The summed E-state index contributed by atoms with van der Waals surface area (Å²) in [5, 5.41) is 2.68. The third kappa shape index (κ3) is 1.95. The lowest BCUT2D eigenvalue weighted by molar-refractivity contribution is 0.614. The molecular weight excluding hydrogens is 214 g/mol. The predicted octanol–water partition coefficient (Wildman–Crippen LogP) is 1.86. The van der Waals surface area contributed by atoms with Crippen molar-refractivity contribution in [2.24, 2.45) is 0 Å². The first kappa shape index (κ1) is 10.4. The van der Waals surface area contributed by atoms with Gasteiger partial charge in [0.05, 0.1) is 12.4 Å². The number of pyridine rings is 1. The third-order valence-electron chi connectivity index (χ3n) is 1.95. The average molecular weight is 222 g/mol. The molecule has 0 aliphatic heterocycles. The normalized spacial score (nSPS) is 10.2. The molecule has 2 aromatic heterocycles. The Balaban J connectivity index is 2.54. The summed E-state index contributed by atoms with van der Waals surface area (Å²) in [6.07, 6.45) is 3.41. The Morgan fingerprint density at radius 2 is 2.00 bits per heavy atom. The highest BCUT2D eigenvalue weighted by Crippen LogP contribution is 2.20.